The highest BCUT2D eigenvalue weighted by molar-refractivity contribution is 5.72. The largest absolute Gasteiger partial charge is 0.481 e. The van der Waals surface area contributed by atoms with Gasteiger partial charge < -0.3 is 14.9 Å². The molecule has 1 saturated carbocycles. The molecule has 0 heterocycles. The highest BCUT2D eigenvalue weighted by Crippen LogP contribution is 2.49. The topological polar surface area (TPSA) is 83.8 Å². The lowest BCUT2D eigenvalue weighted by Crippen LogP contribution is -2.28. The van der Waals surface area contributed by atoms with Gasteiger partial charge in [0, 0.05) is 0 Å². The first-order chi connectivity index (χ1) is 43.2. The van der Waals surface area contributed by atoms with Crippen molar-refractivity contribution in [1.82, 2.24) is 0 Å². The minimum Gasteiger partial charge on any atom is -0.481 e. The van der Waals surface area contributed by atoms with Crippen LogP contribution in [0.25, 0.3) is 0 Å². The molecule has 1 aliphatic carbocycles. The van der Waals surface area contributed by atoms with Crippen LogP contribution in [0, 0.1) is 29.6 Å². The van der Waals surface area contributed by atoms with E-state index in [1.54, 1.807) is 0 Å². The molecular formula is C83H162O5. The van der Waals surface area contributed by atoms with Gasteiger partial charge >= 0.3 is 11.9 Å². The molecule has 524 valence electrons. The second-order valence-corrected chi connectivity index (χ2v) is 30.1. The molecule has 0 amide bonds. The van der Waals surface area contributed by atoms with Gasteiger partial charge in [-0.1, -0.05) is 426 Å². The monoisotopic (exact) mass is 1240 g/mol. The van der Waals surface area contributed by atoms with Gasteiger partial charge in [-0.15, -0.1) is 0 Å². The maximum absolute atomic E-state index is 13.8. The molecule has 88 heavy (non-hydrogen) atoms. The summed E-state index contributed by atoms with van der Waals surface area (Å²) in [6.07, 6.45) is 90.2. The zero-order valence-electron chi connectivity index (χ0n) is 61.0. The summed E-state index contributed by atoms with van der Waals surface area (Å²) in [7, 11) is 0. The molecule has 1 aliphatic rings. The van der Waals surface area contributed by atoms with Crippen LogP contribution in [0.5, 0.6) is 0 Å². The molecule has 0 spiro atoms. The predicted octanol–water partition coefficient (Wildman–Crippen LogP) is 28.5. The minimum atomic E-state index is -0.807. The van der Waals surface area contributed by atoms with E-state index in [0.717, 1.165) is 56.8 Å². The molecule has 0 bridgehead atoms. The van der Waals surface area contributed by atoms with Gasteiger partial charge in [-0.2, -0.15) is 0 Å². The number of carboxylic acids is 1. The van der Waals surface area contributed by atoms with Gasteiger partial charge in [0.15, 0.2) is 0 Å². The lowest BCUT2D eigenvalue weighted by atomic mass is 9.87. The number of ether oxygens (including phenoxy) is 1. The van der Waals surface area contributed by atoms with Crippen molar-refractivity contribution >= 4 is 11.9 Å². The number of rotatable bonds is 75. The Hall–Kier alpha value is -1.10. The first-order valence-electron chi connectivity index (χ1n) is 41.4. The fourth-order valence-electron chi connectivity index (χ4n) is 15.0. The normalized spacial score (nSPS) is 15.8. The summed E-state index contributed by atoms with van der Waals surface area (Å²) >= 11 is 0. The molecule has 0 aliphatic heterocycles. The molecule has 7 atom stereocenters. The summed E-state index contributed by atoms with van der Waals surface area (Å²) < 4.78 is 6.27. The van der Waals surface area contributed by atoms with Gasteiger partial charge in [0.2, 0.25) is 0 Å². The van der Waals surface area contributed by atoms with Crippen molar-refractivity contribution in [3.05, 3.63) is 0 Å². The number of aliphatic hydroxyl groups is 1. The first kappa shape index (κ1) is 84.9. The number of unbranched alkanes of at least 4 members (excludes halogenated alkanes) is 58. The summed E-state index contributed by atoms with van der Waals surface area (Å²) in [6, 6.07) is 0. The van der Waals surface area contributed by atoms with Crippen LogP contribution < -0.4 is 0 Å². The maximum Gasteiger partial charge on any atom is 0.309 e. The zero-order valence-corrected chi connectivity index (χ0v) is 61.0. The molecular weight excluding hydrogens is 1080 g/mol. The molecule has 0 aromatic carbocycles. The van der Waals surface area contributed by atoms with Crippen molar-refractivity contribution in [3.63, 3.8) is 0 Å². The number of esters is 1. The van der Waals surface area contributed by atoms with Gasteiger partial charge in [-0.25, -0.2) is 0 Å². The molecule has 5 nitrogen and oxygen atoms in total. The van der Waals surface area contributed by atoms with Gasteiger partial charge in [0.1, 0.15) is 0 Å². The van der Waals surface area contributed by atoms with Crippen LogP contribution in [0.3, 0.4) is 0 Å². The predicted molar refractivity (Wildman–Crippen MR) is 388 cm³/mol. The van der Waals surface area contributed by atoms with Crippen LogP contribution in [-0.2, 0) is 14.3 Å². The Morgan fingerprint density at radius 1 is 0.341 bits per heavy atom. The van der Waals surface area contributed by atoms with E-state index in [4.69, 9.17) is 4.74 Å². The van der Waals surface area contributed by atoms with Crippen LogP contribution in [0.15, 0.2) is 0 Å². The third-order valence-corrected chi connectivity index (χ3v) is 21.4. The van der Waals surface area contributed by atoms with Crippen LogP contribution in [-0.4, -0.2) is 34.4 Å². The number of hydrogen-bond acceptors (Lipinski definition) is 4. The van der Waals surface area contributed by atoms with E-state index in [9.17, 15) is 19.8 Å². The molecule has 1 fully saturated rings. The standard InChI is InChI=1S/C83H162O5/c1-6-9-12-15-18-21-24-27-29-31-32-33-34-36-41-46-51-56-61-66-71-79(82(85)86)81(84)72-67-62-57-52-47-42-38-37-40-45-49-54-59-64-69-77-74-80(77)75(4)73-78(70-65-60-55-50-44-26-23-20-17-14-11-8-3)83(87)88-76(5)68-63-58-53-48-43-39-35-30-28-25-22-19-16-13-10-7-2/h75-81,84H,6-74H2,1-5H3,(H,85,86)/t75-,76-,77-,78?,79+,80+,81+/m0/s1. The molecule has 2 N–H and O–H groups in total. The summed E-state index contributed by atoms with van der Waals surface area (Å²) in [5.41, 5.74) is 0. The van der Waals surface area contributed by atoms with Gasteiger partial charge in [-0.3, -0.25) is 9.59 Å². The quantitative estimate of drug-likeness (QED) is 0.0468. The van der Waals surface area contributed by atoms with Crippen molar-refractivity contribution in [1.29, 1.82) is 0 Å². The Bertz CT molecular complexity index is 1400. The van der Waals surface area contributed by atoms with E-state index >= 15 is 0 Å². The van der Waals surface area contributed by atoms with Crippen LogP contribution >= 0.6 is 0 Å². The Morgan fingerprint density at radius 2 is 0.591 bits per heavy atom. The third-order valence-electron chi connectivity index (χ3n) is 21.4. The summed E-state index contributed by atoms with van der Waals surface area (Å²) in [4.78, 5) is 25.9. The van der Waals surface area contributed by atoms with Crippen molar-refractivity contribution in [2.24, 2.45) is 29.6 Å². The lowest BCUT2D eigenvalue weighted by molar-refractivity contribution is -0.154. The van der Waals surface area contributed by atoms with E-state index in [0.29, 0.717) is 18.8 Å². The SMILES string of the molecule is CCCCCCCCCCCCCCCCCCCCCC[C@@H](C(=O)O)[C@H](O)CCCCCCCCCCCCCCCC[C@H]1C[C@@H]1[C@@H](C)CC(CCCCCCCCCCCCCC)C(=O)O[C@@H](C)CCCCCCCCCCCCCCCCCC. The van der Waals surface area contributed by atoms with Gasteiger partial charge in [0.25, 0.3) is 0 Å². The van der Waals surface area contributed by atoms with Crippen molar-refractivity contribution < 1.29 is 24.5 Å². The molecule has 1 unspecified atom stereocenters. The number of carboxylic acid groups (broad SMARTS) is 1. The number of aliphatic hydroxyl groups excluding tert-OH is 1. The zero-order chi connectivity index (χ0) is 63.7. The van der Waals surface area contributed by atoms with Crippen molar-refractivity contribution in [2.45, 2.75) is 490 Å². The smallest absolute Gasteiger partial charge is 0.309 e. The first-order valence-corrected chi connectivity index (χ1v) is 41.4. The van der Waals surface area contributed by atoms with Gasteiger partial charge in [-0.05, 0) is 69.6 Å². The van der Waals surface area contributed by atoms with E-state index in [-0.39, 0.29) is 18.0 Å². The summed E-state index contributed by atoms with van der Waals surface area (Å²) in [5.74, 6) is 1.13. The fraction of sp³-hybridized carbons (Fsp3) is 0.976. The Labute approximate surface area is 553 Å². The van der Waals surface area contributed by atoms with Crippen molar-refractivity contribution in [2.75, 3.05) is 0 Å². The number of aliphatic carboxylic acids is 1. The Morgan fingerprint density at radius 3 is 0.886 bits per heavy atom. The third kappa shape index (κ3) is 57.6. The maximum atomic E-state index is 13.8. The summed E-state index contributed by atoms with van der Waals surface area (Å²) in [5, 5.41) is 20.6. The Kier molecular flexibility index (Phi) is 65.0. The summed E-state index contributed by atoms with van der Waals surface area (Å²) in [6.45, 7) is 11.5. The average Bonchev–Trinajstić information content (AvgIpc) is 2.29. The second-order valence-electron chi connectivity index (χ2n) is 30.1. The van der Waals surface area contributed by atoms with E-state index in [1.165, 1.54) is 385 Å². The Balaban J connectivity index is 2.13. The highest BCUT2D eigenvalue weighted by atomic mass is 16.5. The molecule has 1 rings (SSSR count). The highest BCUT2D eigenvalue weighted by Gasteiger charge is 2.41. The number of hydrogen-bond donors (Lipinski definition) is 2. The van der Waals surface area contributed by atoms with Crippen molar-refractivity contribution in [3.8, 4) is 0 Å². The molecule has 0 aromatic rings. The number of carbonyl (C=O) groups excluding carboxylic acids is 1. The van der Waals surface area contributed by atoms with Gasteiger partial charge in [0.05, 0.1) is 24.0 Å². The fourth-order valence-corrected chi connectivity index (χ4v) is 15.0. The molecule has 0 saturated heterocycles. The number of carbonyl (C=O) groups is 2. The average molecular weight is 1240 g/mol. The van der Waals surface area contributed by atoms with Crippen LogP contribution in [0.2, 0.25) is 0 Å². The van der Waals surface area contributed by atoms with E-state index in [2.05, 4.69) is 34.6 Å². The minimum absolute atomic E-state index is 0.0448. The molecule has 0 aromatic heterocycles. The van der Waals surface area contributed by atoms with Crippen LogP contribution in [0.1, 0.15) is 478 Å². The second kappa shape index (κ2) is 67.3. The lowest BCUT2D eigenvalue weighted by Gasteiger charge is -2.23. The van der Waals surface area contributed by atoms with E-state index < -0.39 is 18.0 Å². The molecule has 5 heteroatoms. The van der Waals surface area contributed by atoms with E-state index in [1.807, 2.05) is 0 Å². The van der Waals surface area contributed by atoms with Crippen LogP contribution in [0.4, 0.5) is 0 Å². The molecule has 0 radical (unpaired) electrons.